The molecule has 0 aliphatic heterocycles. The molecule has 1 aromatic rings. The molecular formula is C15H24BrNO3. The molecule has 0 spiro atoms. The van der Waals surface area contributed by atoms with Crippen molar-refractivity contribution >= 4 is 21.6 Å². The molecule has 0 atom stereocenters. The second kappa shape index (κ2) is 10.2. The lowest BCUT2D eigenvalue weighted by Gasteiger charge is -2.13. The number of nitrogens with one attached hydrogen (secondary N) is 1. The highest BCUT2D eigenvalue weighted by Gasteiger charge is 2.03. The van der Waals surface area contributed by atoms with E-state index in [4.69, 9.17) is 14.2 Å². The summed E-state index contributed by atoms with van der Waals surface area (Å²) in [5.41, 5.74) is 3.66. The molecule has 0 unspecified atom stereocenters. The second-order valence-corrected chi connectivity index (χ2v) is 5.47. The first kappa shape index (κ1) is 17.4. The van der Waals surface area contributed by atoms with Crippen LogP contribution in [0.15, 0.2) is 16.6 Å². The molecule has 0 fully saturated rings. The van der Waals surface area contributed by atoms with Gasteiger partial charge in [0.1, 0.15) is 0 Å². The van der Waals surface area contributed by atoms with Gasteiger partial charge < -0.3 is 19.5 Å². The van der Waals surface area contributed by atoms with E-state index in [2.05, 4.69) is 47.2 Å². The molecule has 0 aliphatic rings. The molecule has 0 bridgehead atoms. The molecule has 1 aromatic carbocycles. The van der Waals surface area contributed by atoms with Gasteiger partial charge in [-0.2, -0.15) is 0 Å². The molecule has 1 rings (SSSR count). The van der Waals surface area contributed by atoms with Crippen LogP contribution in [0.5, 0.6) is 0 Å². The number of anilines is 1. The number of aryl methyl sites for hydroxylation is 2. The largest absolute Gasteiger partial charge is 0.382 e. The maximum Gasteiger partial charge on any atom is 0.0701 e. The van der Waals surface area contributed by atoms with Crippen LogP contribution < -0.4 is 5.32 Å². The lowest BCUT2D eigenvalue weighted by Crippen LogP contribution is -2.14. The van der Waals surface area contributed by atoms with Crippen molar-refractivity contribution in [2.24, 2.45) is 0 Å². The van der Waals surface area contributed by atoms with Crippen molar-refractivity contribution in [1.82, 2.24) is 0 Å². The molecule has 0 heterocycles. The molecule has 114 valence electrons. The predicted octanol–water partition coefficient (Wildman–Crippen LogP) is 3.16. The number of ether oxygens (including phenoxy) is 3. The van der Waals surface area contributed by atoms with Gasteiger partial charge in [0.15, 0.2) is 0 Å². The Labute approximate surface area is 129 Å². The average molecular weight is 346 g/mol. The third-order valence-electron chi connectivity index (χ3n) is 2.85. The highest BCUT2D eigenvalue weighted by atomic mass is 79.9. The van der Waals surface area contributed by atoms with Gasteiger partial charge in [0.25, 0.3) is 0 Å². The Morgan fingerprint density at radius 1 is 0.950 bits per heavy atom. The van der Waals surface area contributed by atoms with Gasteiger partial charge in [-0.15, -0.1) is 0 Å². The molecule has 5 heteroatoms. The zero-order valence-electron chi connectivity index (χ0n) is 12.5. The topological polar surface area (TPSA) is 39.7 Å². The van der Waals surface area contributed by atoms with E-state index in [1.807, 2.05) is 0 Å². The van der Waals surface area contributed by atoms with Gasteiger partial charge in [-0.1, -0.05) is 15.9 Å². The van der Waals surface area contributed by atoms with Crippen LogP contribution in [0.4, 0.5) is 5.69 Å². The zero-order valence-corrected chi connectivity index (χ0v) is 14.1. The fourth-order valence-corrected chi connectivity index (χ4v) is 2.59. The Morgan fingerprint density at radius 3 is 2.10 bits per heavy atom. The first-order valence-corrected chi connectivity index (χ1v) is 7.59. The Bertz CT molecular complexity index is 376. The van der Waals surface area contributed by atoms with Crippen LogP contribution >= 0.6 is 15.9 Å². The lowest BCUT2D eigenvalue weighted by atomic mass is 10.1. The van der Waals surface area contributed by atoms with Crippen molar-refractivity contribution in [3.05, 3.63) is 27.7 Å². The van der Waals surface area contributed by atoms with Gasteiger partial charge in [-0.3, -0.25) is 0 Å². The summed E-state index contributed by atoms with van der Waals surface area (Å²) in [4.78, 5) is 0. The van der Waals surface area contributed by atoms with E-state index >= 15 is 0 Å². The standard InChI is InChI=1S/C15H24BrNO3/c1-12-10-14(16)11-13(2)15(12)17-4-5-19-8-9-20-7-6-18-3/h10-11,17H,4-9H2,1-3H3. The SMILES string of the molecule is COCCOCCOCCNc1c(C)cc(Br)cc1C. The van der Waals surface area contributed by atoms with Gasteiger partial charge in [0.05, 0.1) is 33.0 Å². The maximum atomic E-state index is 5.50. The zero-order chi connectivity index (χ0) is 14.8. The number of hydrogen-bond donors (Lipinski definition) is 1. The first-order chi connectivity index (χ1) is 9.65. The summed E-state index contributed by atoms with van der Waals surface area (Å²) < 4.78 is 16.8. The molecular weight excluding hydrogens is 322 g/mol. The van der Waals surface area contributed by atoms with Gasteiger partial charge >= 0.3 is 0 Å². The summed E-state index contributed by atoms with van der Waals surface area (Å²) in [6, 6.07) is 4.22. The Morgan fingerprint density at radius 2 is 1.50 bits per heavy atom. The maximum absolute atomic E-state index is 5.50. The van der Waals surface area contributed by atoms with Crippen molar-refractivity contribution in [3.8, 4) is 0 Å². The summed E-state index contributed by atoms with van der Waals surface area (Å²) in [5, 5.41) is 3.41. The lowest BCUT2D eigenvalue weighted by molar-refractivity contribution is 0.0272. The third-order valence-corrected chi connectivity index (χ3v) is 3.31. The molecule has 0 saturated carbocycles. The first-order valence-electron chi connectivity index (χ1n) is 6.80. The predicted molar refractivity (Wildman–Crippen MR) is 85.6 cm³/mol. The normalized spacial score (nSPS) is 10.8. The Hall–Kier alpha value is -0.620. The fraction of sp³-hybridized carbons (Fsp3) is 0.600. The molecule has 4 nitrogen and oxygen atoms in total. The fourth-order valence-electron chi connectivity index (χ4n) is 1.90. The number of benzene rings is 1. The summed E-state index contributed by atoms with van der Waals surface area (Å²) in [5.74, 6) is 0. The summed E-state index contributed by atoms with van der Waals surface area (Å²) in [6.45, 7) is 8.14. The van der Waals surface area contributed by atoms with Crippen molar-refractivity contribution < 1.29 is 14.2 Å². The van der Waals surface area contributed by atoms with Gasteiger partial charge in [-0.05, 0) is 37.1 Å². The quantitative estimate of drug-likeness (QED) is 0.661. The highest BCUT2D eigenvalue weighted by Crippen LogP contribution is 2.24. The number of rotatable bonds is 10. The molecule has 1 N–H and O–H groups in total. The minimum atomic E-state index is 0.611. The summed E-state index contributed by atoms with van der Waals surface area (Å²) in [7, 11) is 1.66. The summed E-state index contributed by atoms with van der Waals surface area (Å²) >= 11 is 3.50. The van der Waals surface area contributed by atoms with E-state index in [1.54, 1.807) is 7.11 Å². The van der Waals surface area contributed by atoms with Crippen LogP contribution in [0, 0.1) is 13.8 Å². The van der Waals surface area contributed by atoms with E-state index in [0.717, 1.165) is 11.0 Å². The average Bonchev–Trinajstić information content (AvgIpc) is 2.39. The Kier molecular flexibility index (Phi) is 8.85. The molecule has 0 saturated heterocycles. The summed E-state index contributed by atoms with van der Waals surface area (Å²) in [6.07, 6.45) is 0. The van der Waals surface area contributed by atoms with Gasteiger partial charge in [0, 0.05) is 23.8 Å². The number of methoxy groups -OCH3 is 1. The van der Waals surface area contributed by atoms with Crippen LogP contribution in [0.25, 0.3) is 0 Å². The van der Waals surface area contributed by atoms with E-state index in [9.17, 15) is 0 Å². The van der Waals surface area contributed by atoms with Crippen molar-refractivity contribution in [2.75, 3.05) is 52.0 Å². The van der Waals surface area contributed by atoms with E-state index in [0.29, 0.717) is 33.0 Å². The minimum Gasteiger partial charge on any atom is -0.382 e. The van der Waals surface area contributed by atoms with Crippen LogP contribution in [-0.4, -0.2) is 46.7 Å². The molecule has 0 aromatic heterocycles. The number of halogens is 1. The smallest absolute Gasteiger partial charge is 0.0701 e. The van der Waals surface area contributed by atoms with Crippen LogP contribution in [-0.2, 0) is 14.2 Å². The van der Waals surface area contributed by atoms with Crippen molar-refractivity contribution in [3.63, 3.8) is 0 Å². The molecule has 0 amide bonds. The van der Waals surface area contributed by atoms with E-state index in [-0.39, 0.29) is 0 Å². The Balaban J connectivity index is 2.13. The third kappa shape index (κ3) is 6.70. The minimum absolute atomic E-state index is 0.611. The van der Waals surface area contributed by atoms with E-state index in [1.165, 1.54) is 16.8 Å². The number of hydrogen-bond acceptors (Lipinski definition) is 4. The second-order valence-electron chi connectivity index (χ2n) is 4.56. The van der Waals surface area contributed by atoms with Gasteiger partial charge in [-0.25, -0.2) is 0 Å². The molecule has 0 radical (unpaired) electrons. The molecule has 20 heavy (non-hydrogen) atoms. The van der Waals surface area contributed by atoms with Crippen molar-refractivity contribution in [1.29, 1.82) is 0 Å². The molecule has 0 aliphatic carbocycles. The van der Waals surface area contributed by atoms with Crippen LogP contribution in [0.3, 0.4) is 0 Å². The van der Waals surface area contributed by atoms with E-state index < -0.39 is 0 Å². The highest BCUT2D eigenvalue weighted by molar-refractivity contribution is 9.10. The monoisotopic (exact) mass is 345 g/mol. The van der Waals surface area contributed by atoms with Crippen LogP contribution in [0.1, 0.15) is 11.1 Å². The van der Waals surface area contributed by atoms with Crippen molar-refractivity contribution in [2.45, 2.75) is 13.8 Å². The van der Waals surface area contributed by atoms with Gasteiger partial charge in [0.2, 0.25) is 0 Å². The van der Waals surface area contributed by atoms with Crippen LogP contribution in [0.2, 0.25) is 0 Å².